The zero-order chi connectivity index (χ0) is 22.4. The number of rotatable bonds is 7. The molecule has 0 aliphatic heterocycles. The number of benzene rings is 2. The summed E-state index contributed by atoms with van der Waals surface area (Å²) >= 11 is 0. The first kappa shape index (κ1) is 22.2. The van der Waals surface area contributed by atoms with E-state index in [1.165, 1.54) is 0 Å². The quantitative estimate of drug-likeness (QED) is 0.675. The van der Waals surface area contributed by atoms with Gasteiger partial charge in [-0.05, 0) is 25.3 Å². The molecule has 0 bridgehead atoms. The van der Waals surface area contributed by atoms with Crippen LogP contribution in [0.3, 0.4) is 0 Å². The third-order valence-corrected chi connectivity index (χ3v) is 5.42. The molecule has 2 aromatic rings. The maximum absolute atomic E-state index is 13.3. The second-order valence-electron chi connectivity index (χ2n) is 7.45. The van der Waals surface area contributed by atoms with Gasteiger partial charge < -0.3 is 4.84 Å². The molecule has 1 aliphatic rings. The molecule has 0 radical (unpaired) electrons. The van der Waals surface area contributed by atoms with Gasteiger partial charge >= 0.3 is 5.97 Å². The Morgan fingerprint density at radius 3 is 2.19 bits per heavy atom. The third-order valence-electron chi connectivity index (χ3n) is 5.42. The second-order valence-corrected chi connectivity index (χ2v) is 7.45. The van der Waals surface area contributed by atoms with Gasteiger partial charge in [0.2, 0.25) is 0 Å². The lowest BCUT2D eigenvalue weighted by atomic mass is 9.75. The Hall–Kier alpha value is -3.54. The summed E-state index contributed by atoms with van der Waals surface area (Å²) in [6.45, 7) is 3.33. The summed E-state index contributed by atoms with van der Waals surface area (Å²) in [5.74, 6) is -1.53. The second kappa shape index (κ2) is 9.98. The Balaban J connectivity index is 1.83. The number of nitrogens with one attached hydrogen (secondary N) is 1. The topological polar surface area (TPSA) is 89.5 Å². The van der Waals surface area contributed by atoms with Crippen molar-refractivity contribution in [3.8, 4) is 0 Å². The largest absolute Gasteiger partial charge is 0.341 e. The van der Waals surface area contributed by atoms with Crippen LogP contribution >= 0.6 is 0 Å². The van der Waals surface area contributed by atoms with Crippen molar-refractivity contribution in [2.24, 2.45) is 0 Å². The average Bonchev–Trinajstić information content (AvgIpc) is 2.80. The summed E-state index contributed by atoms with van der Waals surface area (Å²) in [5.41, 5.74) is 4.82. The van der Waals surface area contributed by atoms with Crippen molar-refractivity contribution >= 4 is 23.4 Å². The summed E-state index contributed by atoms with van der Waals surface area (Å²) in [4.78, 5) is 54.1. The number of hydrogen-bond donors (Lipinski definition) is 1. The van der Waals surface area contributed by atoms with Crippen molar-refractivity contribution in [1.82, 2.24) is 5.48 Å². The molecular weight excluding hydrogens is 394 g/mol. The van der Waals surface area contributed by atoms with Crippen molar-refractivity contribution < 1.29 is 24.0 Å². The van der Waals surface area contributed by atoms with Crippen LogP contribution in [0, 0.1) is 0 Å². The Kier molecular flexibility index (Phi) is 7.13. The number of ketones is 2. The fraction of sp³-hybridized carbons (Fsp3) is 0.280. The minimum absolute atomic E-state index is 0.130. The first-order chi connectivity index (χ1) is 14.9. The summed E-state index contributed by atoms with van der Waals surface area (Å²) in [6, 6.07) is 16.4. The van der Waals surface area contributed by atoms with Crippen LogP contribution in [0.4, 0.5) is 0 Å². The van der Waals surface area contributed by atoms with E-state index >= 15 is 0 Å². The molecule has 6 nitrogen and oxygen atoms in total. The van der Waals surface area contributed by atoms with Crippen LogP contribution < -0.4 is 5.48 Å². The minimum Gasteiger partial charge on any atom is -0.341 e. The number of allylic oxidation sites excluding steroid dienone is 2. The first-order valence-corrected chi connectivity index (χ1v) is 10.4. The number of hydroxylamine groups is 1. The number of carbonyl (C=O) groups is 4. The molecule has 0 aromatic heterocycles. The van der Waals surface area contributed by atoms with Crippen molar-refractivity contribution in [2.45, 2.75) is 45.4 Å². The maximum Gasteiger partial charge on any atom is 0.331 e. The Bertz CT molecular complexity index is 1040. The molecule has 1 amide bonds. The molecule has 1 atom stereocenters. The number of carbonyl (C=O) groups excluding carboxylic acids is 4. The lowest BCUT2D eigenvalue weighted by Crippen LogP contribution is -2.27. The zero-order valence-electron chi connectivity index (χ0n) is 17.6. The van der Waals surface area contributed by atoms with Gasteiger partial charge in [-0.2, -0.15) is 5.48 Å². The van der Waals surface area contributed by atoms with E-state index in [4.69, 9.17) is 0 Å². The van der Waals surface area contributed by atoms with E-state index in [9.17, 15) is 19.2 Å². The van der Waals surface area contributed by atoms with Gasteiger partial charge in [0.05, 0.1) is 0 Å². The van der Waals surface area contributed by atoms with E-state index in [-0.39, 0.29) is 30.3 Å². The van der Waals surface area contributed by atoms with Crippen LogP contribution in [0.1, 0.15) is 71.7 Å². The molecule has 1 unspecified atom stereocenters. The highest BCUT2D eigenvalue weighted by molar-refractivity contribution is 6.27. The summed E-state index contributed by atoms with van der Waals surface area (Å²) < 4.78 is 0. The lowest BCUT2D eigenvalue weighted by molar-refractivity contribution is -0.158. The van der Waals surface area contributed by atoms with E-state index in [0.29, 0.717) is 35.1 Å². The SMILES string of the molecule is CCC(=O)ONC(=O)CCCC(C1=C(C)C(=O)c2ccccc2C1=O)c1ccccc1. The molecule has 1 aliphatic carbocycles. The molecule has 0 heterocycles. The van der Waals surface area contributed by atoms with Crippen molar-refractivity contribution in [3.05, 3.63) is 82.4 Å². The molecule has 6 heteroatoms. The molecular formula is C25H25NO5. The molecule has 2 aromatic carbocycles. The minimum atomic E-state index is -0.513. The Morgan fingerprint density at radius 2 is 1.55 bits per heavy atom. The van der Waals surface area contributed by atoms with E-state index in [1.807, 2.05) is 30.3 Å². The van der Waals surface area contributed by atoms with Gasteiger partial charge in [0.1, 0.15) is 0 Å². The van der Waals surface area contributed by atoms with Gasteiger partial charge in [-0.25, -0.2) is 4.79 Å². The predicted octanol–water partition coefficient (Wildman–Crippen LogP) is 4.32. The highest BCUT2D eigenvalue weighted by Gasteiger charge is 2.34. The molecule has 0 spiro atoms. The van der Waals surface area contributed by atoms with Crippen LogP contribution in [0.25, 0.3) is 0 Å². The van der Waals surface area contributed by atoms with Crippen LogP contribution in [0.15, 0.2) is 65.7 Å². The van der Waals surface area contributed by atoms with Crippen molar-refractivity contribution in [2.75, 3.05) is 0 Å². The van der Waals surface area contributed by atoms with Gasteiger partial charge in [-0.1, -0.05) is 61.5 Å². The van der Waals surface area contributed by atoms with Crippen LogP contribution in [-0.4, -0.2) is 23.4 Å². The van der Waals surface area contributed by atoms with Crippen LogP contribution in [0.5, 0.6) is 0 Å². The fourth-order valence-electron chi connectivity index (χ4n) is 3.81. The molecule has 160 valence electrons. The number of amides is 1. The summed E-state index contributed by atoms with van der Waals surface area (Å²) in [7, 11) is 0. The van der Waals surface area contributed by atoms with Gasteiger partial charge in [-0.3, -0.25) is 14.4 Å². The zero-order valence-corrected chi connectivity index (χ0v) is 17.6. The van der Waals surface area contributed by atoms with E-state index in [0.717, 1.165) is 5.56 Å². The van der Waals surface area contributed by atoms with Crippen LogP contribution in [-0.2, 0) is 14.4 Å². The summed E-state index contributed by atoms with van der Waals surface area (Å²) in [5, 5.41) is 0. The van der Waals surface area contributed by atoms with Gasteiger partial charge in [0, 0.05) is 41.0 Å². The third kappa shape index (κ3) is 4.97. The molecule has 0 fully saturated rings. The molecule has 3 rings (SSSR count). The highest BCUT2D eigenvalue weighted by atomic mass is 16.7. The van der Waals surface area contributed by atoms with E-state index < -0.39 is 11.9 Å². The molecule has 0 saturated carbocycles. The average molecular weight is 419 g/mol. The van der Waals surface area contributed by atoms with E-state index in [2.05, 4.69) is 10.3 Å². The summed E-state index contributed by atoms with van der Waals surface area (Å²) in [6.07, 6.45) is 1.24. The lowest BCUT2D eigenvalue weighted by Gasteiger charge is -2.26. The fourth-order valence-corrected chi connectivity index (χ4v) is 3.81. The number of Topliss-reactive ketones (excluding diaryl/α,β-unsaturated/α-hetero) is 2. The predicted molar refractivity (Wildman–Crippen MR) is 115 cm³/mol. The van der Waals surface area contributed by atoms with Gasteiger partial charge in [-0.15, -0.1) is 0 Å². The Morgan fingerprint density at radius 1 is 0.935 bits per heavy atom. The standard InChI is InChI=1S/C25H25NO5/c1-3-22(28)31-26-21(27)15-9-14-18(17-10-5-4-6-11-17)23-16(2)24(29)19-12-7-8-13-20(19)25(23)30/h4-8,10-13,18H,3,9,14-15H2,1-2H3,(H,26,27). The maximum atomic E-state index is 13.3. The molecule has 31 heavy (non-hydrogen) atoms. The number of hydrogen-bond acceptors (Lipinski definition) is 5. The molecule has 1 N–H and O–H groups in total. The first-order valence-electron chi connectivity index (χ1n) is 10.4. The normalized spacial score (nSPS) is 14.1. The molecule has 0 saturated heterocycles. The Labute approximate surface area is 181 Å². The van der Waals surface area contributed by atoms with Crippen LogP contribution in [0.2, 0.25) is 0 Å². The van der Waals surface area contributed by atoms with Crippen molar-refractivity contribution in [3.63, 3.8) is 0 Å². The van der Waals surface area contributed by atoms with Gasteiger partial charge in [0.15, 0.2) is 11.6 Å². The van der Waals surface area contributed by atoms with Gasteiger partial charge in [0.25, 0.3) is 5.91 Å². The monoisotopic (exact) mass is 419 g/mol. The van der Waals surface area contributed by atoms with Crippen molar-refractivity contribution in [1.29, 1.82) is 0 Å². The van der Waals surface area contributed by atoms with E-state index in [1.54, 1.807) is 38.1 Å². The number of fused-ring (bicyclic) bond motifs is 1. The smallest absolute Gasteiger partial charge is 0.331 e. The highest BCUT2D eigenvalue weighted by Crippen LogP contribution is 2.38.